The van der Waals surface area contributed by atoms with Gasteiger partial charge in [-0.1, -0.05) is 20.3 Å². The van der Waals surface area contributed by atoms with Crippen LogP contribution in [0.15, 0.2) is 0 Å². The van der Waals surface area contributed by atoms with Gasteiger partial charge in [-0.25, -0.2) is 0 Å². The minimum absolute atomic E-state index is 0.178. The van der Waals surface area contributed by atoms with Crippen molar-refractivity contribution >= 4 is 5.97 Å². The van der Waals surface area contributed by atoms with E-state index in [1.165, 1.54) is 26.4 Å². The third-order valence-corrected chi connectivity index (χ3v) is 5.37. The summed E-state index contributed by atoms with van der Waals surface area (Å²) < 4.78 is 4.93. The average Bonchev–Trinajstić information content (AvgIpc) is 2.46. The average molecular weight is 284 g/mol. The molecule has 1 N–H and O–H groups in total. The number of hydrogen-bond acceptors (Lipinski definition) is 4. The molecule has 1 aliphatic rings. The van der Waals surface area contributed by atoms with Gasteiger partial charge in [0.1, 0.15) is 5.54 Å². The van der Waals surface area contributed by atoms with Crippen molar-refractivity contribution in [1.82, 2.24) is 10.2 Å². The van der Waals surface area contributed by atoms with Crippen LogP contribution in [0.2, 0.25) is 0 Å². The molecular weight excluding hydrogens is 252 g/mol. The number of hydrogen-bond donors (Lipinski definition) is 1. The van der Waals surface area contributed by atoms with E-state index in [1.54, 1.807) is 0 Å². The minimum atomic E-state index is -0.598. The van der Waals surface area contributed by atoms with Gasteiger partial charge in [0.2, 0.25) is 0 Å². The number of esters is 1. The number of rotatable bonds is 6. The highest BCUT2D eigenvalue weighted by Gasteiger charge is 2.37. The molecule has 0 aromatic rings. The monoisotopic (exact) mass is 284 g/mol. The van der Waals surface area contributed by atoms with Crippen molar-refractivity contribution in [2.75, 3.05) is 27.2 Å². The topological polar surface area (TPSA) is 41.6 Å². The number of carbonyl (C=O) groups is 1. The summed E-state index contributed by atoms with van der Waals surface area (Å²) in [5.74, 6) is -0.178. The summed E-state index contributed by atoms with van der Waals surface area (Å²) in [7, 11) is 3.28. The highest BCUT2D eigenvalue weighted by Crippen LogP contribution is 2.35. The number of likely N-dealkylation sites (tertiary alicyclic amines) is 1. The Kier molecular flexibility index (Phi) is 6.02. The molecule has 0 amide bonds. The first kappa shape index (κ1) is 17.4. The van der Waals surface area contributed by atoms with Crippen LogP contribution in [-0.4, -0.2) is 49.7 Å². The SMILES string of the molecule is CCC1(C)CCN(C(C)CC(C)(NC)C(=O)OC)CC1. The molecule has 2 atom stereocenters. The van der Waals surface area contributed by atoms with Crippen molar-refractivity contribution in [3.8, 4) is 0 Å². The lowest BCUT2D eigenvalue weighted by Crippen LogP contribution is -2.54. The fourth-order valence-corrected chi connectivity index (χ4v) is 3.09. The number of ether oxygens (including phenoxy) is 1. The van der Waals surface area contributed by atoms with Gasteiger partial charge in [-0.15, -0.1) is 0 Å². The molecular formula is C16H32N2O2. The van der Waals surface area contributed by atoms with Crippen LogP contribution >= 0.6 is 0 Å². The van der Waals surface area contributed by atoms with Crippen molar-refractivity contribution in [3.05, 3.63) is 0 Å². The Labute approximate surface area is 124 Å². The lowest BCUT2D eigenvalue weighted by Gasteiger charge is -2.43. The predicted molar refractivity (Wildman–Crippen MR) is 82.8 cm³/mol. The largest absolute Gasteiger partial charge is 0.468 e. The van der Waals surface area contributed by atoms with Gasteiger partial charge in [0, 0.05) is 6.04 Å². The molecule has 1 heterocycles. The summed E-state index contributed by atoms with van der Waals surface area (Å²) in [6.45, 7) is 11.1. The molecule has 4 heteroatoms. The number of methoxy groups -OCH3 is 1. The fourth-order valence-electron chi connectivity index (χ4n) is 3.09. The second kappa shape index (κ2) is 6.90. The molecule has 1 fully saturated rings. The Morgan fingerprint density at radius 1 is 1.45 bits per heavy atom. The van der Waals surface area contributed by atoms with Gasteiger partial charge >= 0.3 is 5.97 Å². The maximum atomic E-state index is 11.9. The van der Waals surface area contributed by atoms with Crippen molar-refractivity contribution < 1.29 is 9.53 Å². The molecule has 0 bridgehead atoms. The maximum absolute atomic E-state index is 11.9. The lowest BCUT2D eigenvalue weighted by molar-refractivity contribution is -0.148. The zero-order valence-electron chi connectivity index (χ0n) is 14.1. The van der Waals surface area contributed by atoms with Gasteiger partial charge in [-0.05, 0) is 58.7 Å². The van der Waals surface area contributed by atoms with Crippen LogP contribution in [0.5, 0.6) is 0 Å². The molecule has 4 nitrogen and oxygen atoms in total. The molecule has 1 rings (SSSR count). The van der Waals surface area contributed by atoms with E-state index in [2.05, 4.69) is 31.0 Å². The number of nitrogens with one attached hydrogen (secondary N) is 1. The molecule has 0 radical (unpaired) electrons. The van der Waals surface area contributed by atoms with E-state index in [0.717, 1.165) is 19.5 Å². The second-order valence-electron chi connectivity index (χ2n) is 6.83. The lowest BCUT2D eigenvalue weighted by atomic mass is 9.77. The van der Waals surface area contributed by atoms with Crippen molar-refractivity contribution in [1.29, 1.82) is 0 Å². The van der Waals surface area contributed by atoms with Crippen molar-refractivity contribution in [2.45, 2.75) is 65.0 Å². The number of nitrogens with zero attached hydrogens (tertiary/aromatic N) is 1. The highest BCUT2D eigenvalue weighted by molar-refractivity contribution is 5.80. The molecule has 1 saturated heterocycles. The van der Waals surface area contributed by atoms with Crippen LogP contribution in [0, 0.1) is 5.41 Å². The third-order valence-electron chi connectivity index (χ3n) is 5.37. The quantitative estimate of drug-likeness (QED) is 0.761. The van der Waals surface area contributed by atoms with Crippen LogP contribution in [0.1, 0.15) is 53.4 Å². The van der Waals surface area contributed by atoms with Gasteiger partial charge in [0.05, 0.1) is 7.11 Å². The van der Waals surface area contributed by atoms with Gasteiger partial charge in [0.15, 0.2) is 0 Å². The van der Waals surface area contributed by atoms with Gasteiger partial charge in [0.25, 0.3) is 0 Å². The number of carbonyl (C=O) groups excluding carboxylic acids is 1. The van der Waals surface area contributed by atoms with Crippen molar-refractivity contribution in [2.24, 2.45) is 5.41 Å². The van der Waals surface area contributed by atoms with Gasteiger partial charge in [-0.3, -0.25) is 4.79 Å². The smallest absolute Gasteiger partial charge is 0.325 e. The Morgan fingerprint density at radius 3 is 2.40 bits per heavy atom. The molecule has 2 unspecified atom stereocenters. The van der Waals surface area contributed by atoms with E-state index in [1.807, 2.05) is 14.0 Å². The standard InChI is InChI=1S/C16H32N2O2/c1-7-15(3)8-10-18(11-9-15)13(2)12-16(4,17-5)14(19)20-6/h13,17H,7-12H2,1-6H3. The Balaban J connectivity index is 2.59. The van der Waals surface area contributed by atoms with Crippen LogP contribution in [-0.2, 0) is 9.53 Å². The van der Waals surface area contributed by atoms with Crippen LogP contribution in [0.25, 0.3) is 0 Å². The molecule has 20 heavy (non-hydrogen) atoms. The minimum Gasteiger partial charge on any atom is -0.468 e. The maximum Gasteiger partial charge on any atom is 0.325 e. The number of likely N-dealkylation sites (N-methyl/N-ethyl adjacent to an activating group) is 1. The Bertz CT molecular complexity index is 324. The Morgan fingerprint density at radius 2 is 2.00 bits per heavy atom. The van der Waals surface area contributed by atoms with Gasteiger partial charge < -0.3 is 15.0 Å². The molecule has 0 saturated carbocycles. The molecule has 0 aromatic heterocycles. The summed E-state index contributed by atoms with van der Waals surface area (Å²) in [4.78, 5) is 14.4. The van der Waals surface area contributed by atoms with Crippen LogP contribution < -0.4 is 5.32 Å². The molecule has 0 aromatic carbocycles. The first-order valence-corrected chi connectivity index (χ1v) is 7.81. The summed E-state index contributed by atoms with van der Waals surface area (Å²) in [5, 5.41) is 3.13. The van der Waals surface area contributed by atoms with Crippen LogP contribution in [0.3, 0.4) is 0 Å². The first-order valence-electron chi connectivity index (χ1n) is 7.81. The molecule has 0 spiro atoms. The number of piperidine rings is 1. The Hall–Kier alpha value is -0.610. The van der Waals surface area contributed by atoms with E-state index in [4.69, 9.17) is 4.74 Å². The fraction of sp³-hybridized carbons (Fsp3) is 0.938. The molecule has 1 aliphatic heterocycles. The second-order valence-corrected chi connectivity index (χ2v) is 6.83. The van der Waals surface area contributed by atoms with E-state index < -0.39 is 5.54 Å². The molecule has 118 valence electrons. The molecule has 0 aliphatic carbocycles. The zero-order valence-corrected chi connectivity index (χ0v) is 14.1. The van der Waals surface area contributed by atoms with E-state index >= 15 is 0 Å². The third kappa shape index (κ3) is 3.95. The van der Waals surface area contributed by atoms with E-state index in [9.17, 15) is 4.79 Å². The summed E-state index contributed by atoms with van der Waals surface area (Å²) in [6.07, 6.45) is 4.54. The van der Waals surface area contributed by atoms with E-state index in [-0.39, 0.29) is 5.97 Å². The zero-order chi connectivity index (χ0) is 15.4. The first-order chi connectivity index (χ1) is 9.30. The van der Waals surface area contributed by atoms with Crippen molar-refractivity contribution in [3.63, 3.8) is 0 Å². The summed E-state index contributed by atoms with van der Waals surface area (Å²) in [5.41, 5.74) is -0.0927. The summed E-state index contributed by atoms with van der Waals surface area (Å²) >= 11 is 0. The highest BCUT2D eigenvalue weighted by atomic mass is 16.5. The van der Waals surface area contributed by atoms with E-state index in [0.29, 0.717) is 11.5 Å². The van der Waals surface area contributed by atoms with Gasteiger partial charge in [-0.2, -0.15) is 0 Å². The van der Waals surface area contributed by atoms with Crippen LogP contribution in [0.4, 0.5) is 0 Å². The summed E-state index contributed by atoms with van der Waals surface area (Å²) in [6, 6.07) is 0.382. The predicted octanol–water partition coefficient (Wildman–Crippen LogP) is 2.43. The normalized spacial score (nSPS) is 23.9.